The normalized spacial score (nSPS) is 13.4. The van der Waals surface area contributed by atoms with Crippen molar-refractivity contribution in [3.05, 3.63) is 22.7 Å². The van der Waals surface area contributed by atoms with Crippen molar-refractivity contribution in [3.8, 4) is 0 Å². The zero-order chi connectivity index (χ0) is 13.1. The maximum atomic E-state index is 11.3. The monoisotopic (exact) mass is 342 g/mol. The Balaban J connectivity index is 3.05. The number of hydrogen-bond donors (Lipinski definition) is 3. The first-order valence-corrected chi connectivity index (χ1v) is 7.53. The lowest BCUT2D eigenvalue weighted by Gasteiger charge is -2.14. The average Bonchev–Trinajstić information content (AvgIpc) is 2.25. The first-order chi connectivity index (χ1) is 7.86. The summed E-state index contributed by atoms with van der Waals surface area (Å²) in [5.41, 5.74) is 0.319. The van der Waals surface area contributed by atoms with Crippen molar-refractivity contribution in [1.82, 2.24) is 0 Å². The van der Waals surface area contributed by atoms with E-state index in [9.17, 15) is 13.5 Å². The quantitative estimate of drug-likeness (QED) is 0.698. The van der Waals surface area contributed by atoms with Gasteiger partial charge in [0, 0.05) is 11.0 Å². The summed E-state index contributed by atoms with van der Waals surface area (Å²) in [5.74, 6) is 0.0577. The third kappa shape index (κ3) is 4.11. The van der Waals surface area contributed by atoms with Crippen LogP contribution in [0.3, 0.4) is 0 Å². The molecular weight excluding hydrogens is 332 g/mol. The third-order valence-electron chi connectivity index (χ3n) is 1.97. The van der Waals surface area contributed by atoms with E-state index in [1.807, 2.05) is 0 Å². The number of halogens is 2. The van der Waals surface area contributed by atoms with E-state index in [0.717, 1.165) is 0 Å². The molecule has 0 fully saturated rings. The summed E-state index contributed by atoms with van der Waals surface area (Å²) in [6, 6.07) is 4.62. The number of nitrogens with one attached hydrogen (secondary N) is 1. The minimum Gasteiger partial charge on any atom is -0.390 e. The molecule has 1 aromatic rings. The lowest BCUT2D eigenvalue weighted by molar-refractivity contribution is 0.211. The SMILES string of the molecule is NS(=O)(=O)c1cccc(Br)c1NCC(O)CCl. The van der Waals surface area contributed by atoms with Gasteiger partial charge in [0.05, 0.1) is 17.7 Å². The van der Waals surface area contributed by atoms with Gasteiger partial charge in [0.2, 0.25) is 10.0 Å². The van der Waals surface area contributed by atoms with Crippen LogP contribution in [0, 0.1) is 0 Å². The molecule has 1 aromatic carbocycles. The number of sulfonamides is 1. The van der Waals surface area contributed by atoms with Gasteiger partial charge >= 0.3 is 0 Å². The Kier molecular flexibility index (Phi) is 5.21. The molecule has 1 atom stereocenters. The summed E-state index contributed by atoms with van der Waals surface area (Å²) in [6.45, 7) is 0.134. The number of benzene rings is 1. The number of primary sulfonamides is 1. The van der Waals surface area contributed by atoms with Gasteiger partial charge in [-0.25, -0.2) is 13.6 Å². The molecule has 0 radical (unpaired) electrons. The molecule has 8 heteroatoms. The molecule has 0 heterocycles. The van der Waals surface area contributed by atoms with Crippen molar-refractivity contribution < 1.29 is 13.5 Å². The topological polar surface area (TPSA) is 92.4 Å². The fourth-order valence-electron chi connectivity index (χ4n) is 1.19. The Hall–Kier alpha value is -0.340. The Morgan fingerprint density at radius 2 is 2.18 bits per heavy atom. The second kappa shape index (κ2) is 6.01. The summed E-state index contributed by atoms with van der Waals surface area (Å²) in [5, 5.41) is 17.2. The summed E-state index contributed by atoms with van der Waals surface area (Å²) >= 11 is 8.66. The van der Waals surface area contributed by atoms with E-state index in [1.165, 1.54) is 6.07 Å². The molecule has 0 aliphatic rings. The summed E-state index contributed by atoms with van der Waals surface area (Å²) in [7, 11) is -3.82. The summed E-state index contributed by atoms with van der Waals surface area (Å²) < 4.78 is 23.2. The minimum atomic E-state index is -3.82. The van der Waals surface area contributed by atoms with E-state index in [-0.39, 0.29) is 17.3 Å². The lowest BCUT2D eigenvalue weighted by Crippen LogP contribution is -2.23. The van der Waals surface area contributed by atoms with E-state index < -0.39 is 16.1 Å². The molecule has 5 nitrogen and oxygen atoms in total. The second-order valence-electron chi connectivity index (χ2n) is 3.35. The lowest BCUT2D eigenvalue weighted by atomic mass is 10.3. The smallest absolute Gasteiger partial charge is 0.240 e. The van der Waals surface area contributed by atoms with Crippen molar-refractivity contribution in [2.24, 2.45) is 5.14 Å². The van der Waals surface area contributed by atoms with Crippen molar-refractivity contribution in [2.75, 3.05) is 17.7 Å². The third-order valence-corrected chi connectivity index (χ3v) is 3.94. The van der Waals surface area contributed by atoms with Crippen molar-refractivity contribution in [1.29, 1.82) is 0 Å². The summed E-state index contributed by atoms with van der Waals surface area (Å²) in [4.78, 5) is -0.0337. The number of nitrogens with two attached hydrogens (primary N) is 1. The van der Waals surface area contributed by atoms with Gasteiger partial charge in [-0.3, -0.25) is 0 Å². The fourth-order valence-corrected chi connectivity index (χ4v) is 2.67. The van der Waals surface area contributed by atoms with Gasteiger partial charge < -0.3 is 10.4 Å². The number of aliphatic hydroxyl groups is 1. The molecular formula is C9H12BrClN2O3S. The Labute approximate surface area is 113 Å². The highest BCUT2D eigenvalue weighted by atomic mass is 79.9. The number of rotatable bonds is 5. The fraction of sp³-hybridized carbons (Fsp3) is 0.333. The Morgan fingerprint density at radius 3 is 2.71 bits per heavy atom. The van der Waals surface area contributed by atoms with Crippen LogP contribution in [0.5, 0.6) is 0 Å². The molecule has 0 aromatic heterocycles. The maximum absolute atomic E-state index is 11.3. The van der Waals surface area contributed by atoms with Gasteiger partial charge in [0.15, 0.2) is 0 Å². The largest absolute Gasteiger partial charge is 0.390 e. The van der Waals surface area contributed by atoms with Gasteiger partial charge in [0.25, 0.3) is 0 Å². The molecule has 0 aliphatic carbocycles. The van der Waals surface area contributed by atoms with Crippen LogP contribution in [0.2, 0.25) is 0 Å². The average molecular weight is 344 g/mol. The van der Waals surface area contributed by atoms with Crippen LogP contribution in [0.1, 0.15) is 0 Å². The van der Waals surface area contributed by atoms with Crippen LogP contribution in [0.4, 0.5) is 5.69 Å². The number of para-hydroxylation sites is 1. The standard InChI is InChI=1S/C9H12BrClN2O3S/c10-7-2-1-3-8(17(12,15)16)9(7)13-5-6(14)4-11/h1-3,6,13-14H,4-5H2,(H2,12,15,16). The highest BCUT2D eigenvalue weighted by Crippen LogP contribution is 2.29. The van der Waals surface area contributed by atoms with Crippen molar-refractivity contribution >= 4 is 43.2 Å². The van der Waals surface area contributed by atoms with E-state index >= 15 is 0 Å². The predicted molar refractivity (Wildman–Crippen MR) is 70.7 cm³/mol. The number of anilines is 1. The maximum Gasteiger partial charge on any atom is 0.240 e. The van der Waals surface area contributed by atoms with Gasteiger partial charge in [-0.15, -0.1) is 11.6 Å². The molecule has 0 saturated heterocycles. The minimum absolute atomic E-state index is 0.0337. The number of alkyl halides is 1. The molecule has 17 heavy (non-hydrogen) atoms. The molecule has 0 saturated carbocycles. The van der Waals surface area contributed by atoms with Crippen LogP contribution in [-0.4, -0.2) is 32.1 Å². The molecule has 0 spiro atoms. The van der Waals surface area contributed by atoms with Gasteiger partial charge in [-0.2, -0.15) is 0 Å². The molecule has 0 bridgehead atoms. The molecule has 0 amide bonds. The van der Waals surface area contributed by atoms with E-state index in [4.69, 9.17) is 16.7 Å². The molecule has 96 valence electrons. The highest BCUT2D eigenvalue weighted by molar-refractivity contribution is 9.10. The van der Waals surface area contributed by atoms with Crippen molar-refractivity contribution in [2.45, 2.75) is 11.0 Å². The van der Waals surface area contributed by atoms with Crippen LogP contribution in [0.25, 0.3) is 0 Å². The van der Waals surface area contributed by atoms with E-state index in [0.29, 0.717) is 10.2 Å². The van der Waals surface area contributed by atoms with Crippen molar-refractivity contribution in [3.63, 3.8) is 0 Å². The molecule has 1 rings (SSSR count). The highest BCUT2D eigenvalue weighted by Gasteiger charge is 2.16. The zero-order valence-corrected chi connectivity index (χ0v) is 11.9. The second-order valence-corrected chi connectivity index (χ2v) is 6.04. The molecule has 4 N–H and O–H groups in total. The Morgan fingerprint density at radius 1 is 1.53 bits per heavy atom. The molecule has 1 unspecified atom stereocenters. The Bertz CT molecular complexity index is 495. The van der Waals surface area contributed by atoms with Crippen LogP contribution < -0.4 is 10.5 Å². The number of hydrogen-bond acceptors (Lipinski definition) is 4. The van der Waals surface area contributed by atoms with E-state index in [1.54, 1.807) is 12.1 Å². The predicted octanol–water partition coefficient (Wildman–Crippen LogP) is 1.11. The van der Waals surface area contributed by atoms with E-state index in [2.05, 4.69) is 21.2 Å². The molecule has 0 aliphatic heterocycles. The zero-order valence-electron chi connectivity index (χ0n) is 8.73. The first-order valence-electron chi connectivity index (χ1n) is 4.65. The van der Waals surface area contributed by atoms with Crippen LogP contribution in [0.15, 0.2) is 27.6 Å². The summed E-state index contributed by atoms with van der Waals surface area (Å²) in [6.07, 6.45) is -0.767. The van der Waals surface area contributed by atoms with Crippen LogP contribution in [-0.2, 0) is 10.0 Å². The van der Waals surface area contributed by atoms with Crippen LogP contribution >= 0.6 is 27.5 Å². The first kappa shape index (κ1) is 14.7. The van der Waals surface area contributed by atoms with Gasteiger partial charge in [0.1, 0.15) is 4.90 Å². The van der Waals surface area contributed by atoms with Gasteiger partial charge in [-0.1, -0.05) is 6.07 Å². The van der Waals surface area contributed by atoms with Gasteiger partial charge in [-0.05, 0) is 28.1 Å². The number of aliphatic hydroxyl groups excluding tert-OH is 1.